The van der Waals surface area contributed by atoms with Gasteiger partial charge in [0.25, 0.3) is 5.91 Å². The van der Waals surface area contributed by atoms with Crippen molar-refractivity contribution in [2.75, 3.05) is 24.7 Å². The van der Waals surface area contributed by atoms with E-state index in [4.69, 9.17) is 4.74 Å². The maximum absolute atomic E-state index is 14.9. The molecule has 2 amide bonds. The van der Waals surface area contributed by atoms with E-state index < -0.39 is 28.7 Å². The van der Waals surface area contributed by atoms with Crippen molar-refractivity contribution in [2.45, 2.75) is 61.6 Å². The highest BCUT2D eigenvalue weighted by atomic mass is 32.2. The monoisotopic (exact) mass is 588 g/mol. The van der Waals surface area contributed by atoms with Crippen LogP contribution < -0.4 is 4.90 Å². The summed E-state index contributed by atoms with van der Waals surface area (Å²) >= 11 is 1.60. The number of carbonyl (C=O) groups excluding carboxylic acids is 3. The topological polar surface area (TPSA) is 87.2 Å². The number of para-hydroxylation sites is 1. The molecule has 8 heteroatoms. The van der Waals surface area contributed by atoms with Crippen LogP contribution in [0.1, 0.15) is 36.0 Å². The van der Waals surface area contributed by atoms with Gasteiger partial charge in [0.05, 0.1) is 35.8 Å². The van der Waals surface area contributed by atoms with Gasteiger partial charge >= 0.3 is 5.97 Å². The quantitative estimate of drug-likeness (QED) is 0.221. The second-order valence-electron chi connectivity index (χ2n) is 11.6. The number of rotatable bonds is 12. The van der Waals surface area contributed by atoms with Crippen LogP contribution in [0.5, 0.6) is 0 Å². The fourth-order valence-corrected chi connectivity index (χ4v) is 9.49. The summed E-state index contributed by atoms with van der Waals surface area (Å²) in [4.78, 5) is 46.3. The number of hydrogen-bond acceptors (Lipinski definition) is 6. The zero-order valence-electron chi connectivity index (χ0n) is 24.4. The third-order valence-corrected chi connectivity index (χ3v) is 11.0. The summed E-state index contributed by atoms with van der Waals surface area (Å²) in [5, 5.41) is 10.6. The van der Waals surface area contributed by atoms with Crippen molar-refractivity contribution in [1.29, 1.82) is 0 Å². The van der Waals surface area contributed by atoms with Crippen LogP contribution in [0.3, 0.4) is 0 Å². The predicted molar refractivity (Wildman–Crippen MR) is 166 cm³/mol. The number of fused-ring (bicyclic) bond motifs is 1. The number of aryl methyl sites for hydroxylation is 2. The van der Waals surface area contributed by atoms with Gasteiger partial charge in [-0.25, -0.2) is 0 Å². The predicted octanol–water partition coefficient (Wildman–Crippen LogP) is 4.64. The van der Waals surface area contributed by atoms with Gasteiger partial charge in [0.2, 0.25) is 5.91 Å². The highest BCUT2D eigenvalue weighted by molar-refractivity contribution is 8.02. The van der Waals surface area contributed by atoms with Crippen LogP contribution in [0.2, 0.25) is 0 Å². The first-order chi connectivity index (χ1) is 20.3. The Morgan fingerprint density at radius 3 is 2.50 bits per heavy atom. The Labute approximate surface area is 252 Å². The molecular weight excluding hydrogens is 548 g/mol. The lowest BCUT2D eigenvalue weighted by Gasteiger charge is -2.40. The molecule has 3 aliphatic rings. The largest absolute Gasteiger partial charge is 0.465 e. The van der Waals surface area contributed by atoms with E-state index in [0.717, 1.165) is 28.8 Å². The molecule has 42 heavy (non-hydrogen) atoms. The van der Waals surface area contributed by atoms with Crippen LogP contribution in [-0.4, -0.2) is 69.6 Å². The number of carbonyl (C=O) groups is 3. The first-order valence-electron chi connectivity index (χ1n) is 14.7. The molecule has 7 nitrogen and oxygen atoms in total. The fraction of sp³-hybridized carbons (Fsp3) is 0.441. The minimum atomic E-state index is -0.851. The van der Waals surface area contributed by atoms with Crippen molar-refractivity contribution in [2.24, 2.45) is 11.8 Å². The average Bonchev–Trinajstić information content (AvgIpc) is 3.63. The van der Waals surface area contributed by atoms with Gasteiger partial charge in [0, 0.05) is 17.5 Å². The van der Waals surface area contributed by atoms with E-state index >= 15 is 0 Å². The van der Waals surface area contributed by atoms with Gasteiger partial charge in [-0.15, -0.1) is 24.9 Å². The molecular formula is C34H40N2O5S. The highest BCUT2D eigenvalue weighted by Gasteiger charge is 2.74. The molecule has 3 fully saturated rings. The standard InChI is InChI=1S/C34H40N2O5S/c1-5-7-19-41-33(40)27-26-16-17-34(42-26)28(27)31(38)36(25(21-37)20-24-14-9-8-10-15-24)30(34)32(39)35(18-6-2)29-22(3)12-11-13-23(29)4/h5-6,8-15,25-28,30,37H,1-2,7,16-21H2,3-4H3/t25-,26+,27-,28+,30?,34?/m1/s1. The summed E-state index contributed by atoms with van der Waals surface area (Å²) < 4.78 is 4.83. The Bertz CT molecular complexity index is 1340. The Kier molecular flexibility index (Phi) is 8.94. The van der Waals surface area contributed by atoms with Crippen molar-refractivity contribution >= 4 is 35.2 Å². The maximum atomic E-state index is 14.9. The first kappa shape index (κ1) is 30.1. The van der Waals surface area contributed by atoms with E-state index in [-0.39, 0.29) is 42.8 Å². The first-order valence-corrected chi connectivity index (χ1v) is 15.6. The normalized spacial score (nSPS) is 26.5. The number of ether oxygens (including phenoxy) is 1. The van der Waals surface area contributed by atoms with Gasteiger partial charge in [0.15, 0.2) is 0 Å². The molecule has 3 heterocycles. The average molecular weight is 589 g/mol. The van der Waals surface area contributed by atoms with Gasteiger partial charge in [-0.1, -0.05) is 60.7 Å². The van der Waals surface area contributed by atoms with Crippen molar-refractivity contribution < 1.29 is 24.2 Å². The van der Waals surface area contributed by atoms with Crippen LogP contribution in [0.15, 0.2) is 73.8 Å². The Balaban J connectivity index is 1.60. The summed E-state index contributed by atoms with van der Waals surface area (Å²) in [7, 11) is 0. The molecule has 6 atom stereocenters. The van der Waals surface area contributed by atoms with Gasteiger partial charge in [-0.2, -0.15) is 0 Å². The molecule has 1 spiro atoms. The van der Waals surface area contributed by atoms with E-state index in [1.807, 2.05) is 62.4 Å². The molecule has 3 aliphatic heterocycles. The SMILES string of the molecule is C=CCCOC(=O)[C@@H]1[C@@H]2CCC3(S2)C(C(=O)N(CC=C)c2c(C)cccc2C)N([C@@H](CO)Cc2ccccc2)C(=O)[C@H]13. The van der Waals surface area contributed by atoms with E-state index in [1.54, 1.807) is 33.7 Å². The lowest BCUT2D eigenvalue weighted by atomic mass is 9.71. The van der Waals surface area contributed by atoms with Crippen molar-refractivity contribution in [3.8, 4) is 0 Å². The summed E-state index contributed by atoms with van der Waals surface area (Å²) in [6, 6.07) is 14.1. The van der Waals surface area contributed by atoms with Gasteiger partial charge in [0.1, 0.15) is 6.04 Å². The molecule has 2 aromatic carbocycles. The fourth-order valence-electron chi connectivity index (χ4n) is 7.31. The summed E-state index contributed by atoms with van der Waals surface area (Å²) in [6.07, 6.45) is 5.68. The van der Waals surface area contributed by atoms with Crippen LogP contribution in [-0.2, 0) is 25.5 Å². The van der Waals surface area contributed by atoms with Crippen molar-refractivity contribution in [1.82, 2.24) is 4.90 Å². The number of likely N-dealkylation sites (tertiary alicyclic amines) is 1. The van der Waals surface area contributed by atoms with E-state index in [9.17, 15) is 19.5 Å². The van der Waals surface area contributed by atoms with Crippen molar-refractivity contribution in [3.63, 3.8) is 0 Å². The zero-order chi connectivity index (χ0) is 30.0. The molecule has 2 unspecified atom stereocenters. The highest BCUT2D eigenvalue weighted by Crippen LogP contribution is 2.67. The number of nitrogens with zero attached hydrogens (tertiary/aromatic N) is 2. The molecule has 5 rings (SSSR count). The van der Waals surface area contributed by atoms with E-state index in [1.165, 1.54) is 0 Å². The van der Waals surface area contributed by atoms with E-state index in [0.29, 0.717) is 19.3 Å². The Hall–Kier alpha value is -3.36. The minimum Gasteiger partial charge on any atom is -0.465 e. The van der Waals surface area contributed by atoms with Gasteiger partial charge < -0.3 is 19.6 Å². The minimum absolute atomic E-state index is 0.0950. The molecule has 0 aromatic heterocycles. The second-order valence-corrected chi connectivity index (χ2v) is 13.2. The van der Waals surface area contributed by atoms with Crippen LogP contribution in [0.25, 0.3) is 0 Å². The smallest absolute Gasteiger partial charge is 0.310 e. The third-order valence-electron chi connectivity index (χ3n) is 9.02. The molecule has 1 N–H and O–H groups in total. The number of thioether (sulfide) groups is 1. The Morgan fingerprint density at radius 2 is 1.86 bits per heavy atom. The number of esters is 1. The number of aliphatic hydroxyl groups is 1. The molecule has 2 aromatic rings. The number of hydrogen-bond donors (Lipinski definition) is 1. The molecule has 222 valence electrons. The summed E-state index contributed by atoms with van der Waals surface area (Å²) in [5.41, 5.74) is 3.66. The number of benzene rings is 2. The third kappa shape index (κ3) is 5.09. The van der Waals surface area contributed by atoms with Gasteiger partial charge in [-0.3, -0.25) is 14.4 Å². The molecule has 2 bridgehead atoms. The number of anilines is 1. The summed E-state index contributed by atoms with van der Waals surface area (Å²) in [5.74, 6) is -2.17. The van der Waals surface area contributed by atoms with Crippen LogP contribution >= 0.6 is 11.8 Å². The molecule has 0 radical (unpaired) electrons. The van der Waals surface area contributed by atoms with Crippen LogP contribution in [0.4, 0.5) is 5.69 Å². The lowest BCUT2D eigenvalue weighted by Crippen LogP contribution is -2.58. The van der Waals surface area contributed by atoms with Crippen LogP contribution in [0, 0.1) is 25.7 Å². The molecule has 0 aliphatic carbocycles. The lowest BCUT2D eigenvalue weighted by molar-refractivity contribution is -0.154. The Morgan fingerprint density at radius 1 is 1.14 bits per heavy atom. The molecule has 3 saturated heterocycles. The van der Waals surface area contributed by atoms with E-state index in [2.05, 4.69) is 13.2 Å². The zero-order valence-corrected chi connectivity index (χ0v) is 25.2. The summed E-state index contributed by atoms with van der Waals surface area (Å²) in [6.45, 7) is 11.8. The number of aliphatic hydroxyl groups excluding tert-OH is 1. The maximum Gasteiger partial charge on any atom is 0.310 e. The number of amides is 2. The second kappa shape index (κ2) is 12.5. The molecule has 0 saturated carbocycles. The van der Waals surface area contributed by atoms with Gasteiger partial charge in [-0.05, 0) is 56.2 Å². The van der Waals surface area contributed by atoms with Crippen molar-refractivity contribution in [3.05, 3.63) is 90.5 Å².